The quantitative estimate of drug-likeness (QED) is 0.0934. The van der Waals surface area contributed by atoms with E-state index in [1.165, 1.54) is 0 Å². The number of nitrogens with one attached hydrogen (secondary N) is 1. The minimum absolute atomic E-state index is 0.0396. The predicted octanol–water partition coefficient (Wildman–Crippen LogP) is -9.28. The zero-order valence-electron chi connectivity index (χ0n) is 27.9. The highest BCUT2D eigenvalue weighted by Crippen LogP contribution is 2.53. The second kappa shape index (κ2) is 15.8. The van der Waals surface area contributed by atoms with E-state index >= 15 is 0 Å². The molecule has 3 heterocycles. The lowest BCUT2D eigenvalue weighted by atomic mass is 9.70. The lowest BCUT2D eigenvalue weighted by Crippen LogP contribution is -2.74. The largest absolute Gasteiger partial charge is 0.390 e. The number of amides is 1. The van der Waals surface area contributed by atoms with Gasteiger partial charge in [0.15, 0.2) is 18.7 Å². The van der Waals surface area contributed by atoms with E-state index in [0.29, 0.717) is 0 Å². The Morgan fingerprint density at radius 3 is 2.16 bits per heavy atom. The van der Waals surface area contributed by atoms with Crippen LogP contribution in [0, 0.1) is 5.92 Å². The monoisotopic (exact) mass is 743 g/mol. The van der Waals surface area contributed by atoms with Crippen LogP contribution >= 0.6 is 0 Å². The van der Waals surface area contributed by atoms with Crippen molar-refractivity contribution in [3.63, 3.8) is 0 Å². The Morgan fingerprint density at radius 1 is 0.941 bits per heavy atom. The summed E-state index contributed by atoms with van der Waals surface area (Å²) < 4.78 is 44.1. The lowest BCUT2D eigenvalue weighted by molar-refractivity contribution is -0.282. The van der Waals surface area contributed by atoms with Crippen molar-refractivity contribution in [2.75, 3.05) is 13.1 Å². The van der Waals surface area contributed by atoms with E-state index in [-0.39, 0.29) is 19.4 Å². The summed E-state index contributed by atoms with van der Waals surface area (Å²) in [6, 6.07) is -6.14. The molecule has 21 N–H and O–H groups in total. The van der Waals surface area contributed by atoms with Crippen molar-refractivity contribution in [3.05, 3.63) is 0 Å². The molecule has 51 heavy (non-hydrogen) atoms. The van der Waals surface area contributed by atoms with E-state index in [4.69, 9.17) is 58.1 Å². The molecular weight excluding hydrogens is 689 g/mol. The number of carbonyl (C=O) groups is 1. The highest BCUT2D eigenvalue weighted by Gasteiger charge is 2.71. The maximum Gasteiger partial charge on any atom is 0.252 e. The minimum atomic E-state index is -2.27. The normalized spacial score (nSPS) is 52.0. The first-order valence-electron chi connectivity index (χ1n) is 17.0. The first-order chi connectivity index (χ1) is 23.9. The Hall–Kier alpha value is -1.36. The number of nitrogens with two attached hydrogens (primary N) is 6. The molecule has 3 unspecified atom stereocenters. The Bertz CT molecular complexity index is 1200. The molecule has 1 spiro atoms. The lowest BCUT2D eigenvalue weighted by Gasteiger charge is -2.52. The molecule has 5 aliphatic rings. The van der Waals surface area contributed by atoms with Crippen molar-refractivity contribution in [1.82, 2.24) is 5.32 Å². The second-order valence-electron chi connectivity index (χ2n) is 14.4. The van der Waals surface area contributed by atoms with Crippen LogP contribution in [0.5, 0.6) is 0 Å². The van der Waals surface area contributed by atoms with Crippen molar-refractivity contribution >= 4 is 5.91 Å². The van der Waals surface area contributed by atoms with Gasteiger partial charge in [0.25, 0.3) is 5.91 Å². The van der Waals surface area contributed by atoms with E-state index in [0.717, 1.165) is 0 Å². The summed E-state index contributed by atoms with van der Waals surface area (Å²) >= 11 is 0. The van der Waals surface area contributed by atoms with Crippen LogP contribution in [0.15, 0.2) is 0 Å². The van der Waals surface area contributed by atoms with E-state index in [1.54, 1.807) is 6.92 Å². The summed E-state index contributed by atoms with van der Waals surface area (Å²) in [4.78, 5) is 12.8. The number of aliphatic hydroxyl groups excluding tert-OH is 8. The van der Waals surface area contributed by atoms with Crippen LogP contribution in [0.4, 0.5) is 4.39 Å². The summed E-state index contributed by atoms with van der Waals surface area (Å²) in [6.07, 6.45) is -24.7. The topological polar surface area (TPSA) is 393 Å². The average Bonchev–Trinajstić information content (AvgIpc) is 3.66. The molecule has 3 saturated heterocycles. The second-order valence-corrected chi connectivity index (χ2v) is 14.4. The van der Waals surface area contributed by atoms with Gasteiger partial charge in [0.1, 0.15) is 48.4 Å². The summed E-state index contributed by atoms with van der Waals surface area (Å²) in [7, 11) is 0. The number of aliphatic hydroxyl groups is 8. The zero-order valence-corrected chi connectivity index (χ0v) is 27.9. The zero-order chi connectivity index (χ0) is 37.9. The first kappa shape index (κ1) is 40.8. The fourth-order valence-electron chi connectivity index (χ4n) is 7.72. The number of hydrogen-bond acceptors (Lipinski definition) is 20. The van der Waals surface area contributed by atoms with Crippen molar-refractivity contribution < 1.29 is 73.7 Å². The van der Waals surface area contributed by atoms with Gasteiger partial charge >= 0.3 is 0 Å². The molecule has 0 aromatic heterocycles. The highest BCUT2D eigenvalue weighted by atomic mass is 19.1. The third-order valence-corrected chi connectivity index (χ3v) is 10.8. The average molecular weight is 744 g/mol. The fourth-order valence-corrected chi connectivity index (χ4v) is 7.72. The molecule has 296 valence electrons. The Labute approximate surface area is 292 Å². The van der Waals surface area contributed by atoms with Crippen LogP contribution in [0.2, 0.25) is 0 Å². The van der Waals surface area contributed by atoms with Crippen molar-refractivity contribution in [3.8, 4) is 0 Å². The molecule has 0 radical (unpaired) electrons. The van der Waals surface area contributed by atoms with E-state index in [9.17, 15) is 50.0 Å². The number of alkyl halides is 1. The first-order valence-corrected chi connectivity index (χ1v) is 17.0. The van der Waals surface area contributed by atoms with Crippen LogP contribution in [0.1, 0.15) is 19.8 Å². The van der Waals surface area contributed by atoms with Crippen molar-refractivity contribution in [1.29, 1.82) is 0 Å². The maximum absolute atomic E-state index is 14.1. The molecule has 2 saturated carbocycles. The number of ether oxygens (including phenoxy) is 5. The van der Waals surface area contributed by atoms with Gasteiger partial charge < -0.3 is 104 Å². The van der Waals surface area contributed by atoms with Gasteiger partial charge in [0.05, 0.1) is 48.7 Å². The fraction of sp³-hybridized carbons (Fsp3) is 0.966. The standard InChI is InChI=1S/C29H54FN7O14/c1-6(33)22-9(38)2-8(34)23(48-22)12-13(35)18(42)15(37-26(46)16(40)7(30)4-31)20(44)24(12)49-28-21(45)25(29(51-28)3-11(29)39)50-27-14(36)19(43)17(41)10(5-32)47-27/h6-25,27-28,38-45H,2-5,31-36H2,1H3,(H,37,46)/t6-,7-,8-,9+,10+,11?,12?,13-,14-,15-,16+,17-,18+,19-,20+,21-,22-,23+,24+,25+,27-,28-,29?/m1/s1. The summed E-state index contributed by atoms with van der Waals surface area (Å²) in [5, 5.41) is 88.9. The van der Waals surface area contributed by atoms with Crippen LogP contribution in [-0.2, 0) is 28.5 Å². The predicted molar refractivity (Wildman–Crippen MR) is 168 cm³/mol. The molecule has 22 heteroatoms. The Kier molecular flexibility index (Phi) is 12.6. The molecule has 21 nitrogen and oxygen atoms in total. The van der Waals surface area contributed by atoms with Crippen LogP contribution in [0.3, 0.4) is 0 Å². The van der Waals surface area contributed by atoms with Crippen LogP contribution in [0.25, 0.3) is 0 Å². The number of rotatable bonds is 11. The Morgan fingerprint density at radius 2 is 1.59 bits per heavy atom. The number of carbonyl (C=O) groups excluding carboxylic acids is 1. The minimum Gasteiger partial charge on any atom is -0.390 e. The van der Waals surface area contributed by atoms with Gasteiger partial charge in [-0.25, -0.2) is 4.39 Å². The van der Waals surface area contributed by atoms with Gasteiger partial charge in [-0.2, -0.15) is 0 Å². The highest BCUT2D eigenvalue weighted by molar-refractivity contribution is 5.81. The third-order valence-electron chi connectivity index (χ3n) is 10.8. The summed E-state index contributed by atoms with van der Waals surface area (Å²) in [5.41, 5.74) is 34.4. The molecule has 5 rings (SSSR count). The van der Waals surface area contributed by atoms with E-state index < -0.39 is 152 Å². The molecule has 0 aromatic carbocycles. The van der Waals surface area contributed by atoms with Gasteiger partial charge in [-0.05, 0) is 13.3 Å². The smallest absolute Gasteiger partial charge is 0.252 e. The van der Waals surface area contributed by atoms with Crippen molar-refractivity contribution in [2.24, 2.45) is 40.3 Å². The van der Waals surface area contributed by atoms with Gasteiger partial charge in [0, 0.05) is 43.6 Å². The maximum atomic E-state index is 14.1. The molecule has 0 bridgehead atoms. The number of halogens is 1. The summed E-state index contributed by atoms with van der Waals surface area (Å²) in [6.45, 7) is 0.648. The van der Waals surface area contributed by atoms with Gasteiger partial charge in [-0.15, -0.1) is 0 Å². The molecule has 0 aromatic rings. The molecule has 2 aliphatic carbocycles. The molecule has 1 amide bonds. The van der Waals surface area contributed by atoms with E-state index in [2.05, 4.69) is 5.32 Å². The van der Waals surface area contributed by atoms with Crippen LogP contribution in [-0.4, -0.2) is 194 Å². The Balaban J connectivity index is 1.44. The SMILES string of the molecule is C[C@@H](N)[C@H]1O[C@H](C2[C@@H](N)[C@H](O)[C@@H](NC(=O)[C@@H](O)[C@H](F)CN)[C@H](O)[C@H]2O[C@@H]2OC3(CC3O)[C@@H](O[C@H]3O[C@@H](CN)[C@@H](O)[C@H](O)[C@H]3N)[C@H]2O)[C@H](N)C[C@@H]1O. The van der Waals surface area contributed by atoms with Crippen molar-refractivity contribution in [2.45, 2.75) is 154 Å². The summed E-state index contributed by atoms with van der Waals surface area (Å²) in [5.74, 6) is -2.59. The van der Waals surface area contributed by atoms with Gasteiger partial charge in [-0.3, -0.25) is 4.79 Å². The van der Waals surface area contributed by atoms with Crippen LogP contribution < -0.4 is 39.7 Å². The molecule has 5 fully saturated rings. The molecule has 23 atom stereocenters. The third kappa shape index (κ3) is 7.52. The number of hydrogen-bond donors (Lipinski definition) is 15. The van der Waals surface area contributed by atoms with Gasteiger partial charge in [-0.1, -0.05) is 0 Å². The van der Waals surface area contributed by atoms with Gasteiger partial charge in [0.2, 0.25) is 0 Å². The molecule has 3 aliphatic heterocycles. The molecular formula is C29H54FN7O14. The van der Waals surface area contributed by atoms with E-state index in [1.807, 2.05) is 0 Å².